The average molecular weight is 325 g/mol. The van der Waals surface area contributed by atoms with Crippen LogP contribution in [0.25, 0.3) is 0 Å². The van der Waals surface area contributed by atoms with E-state index in [-0.39, 0.29) is 0 Å². The maximum absolute atomic E-state index is 6.42. The minimum absolute atomic E-state index is 0.395. The molecule has 0 aliphatic carbocycles. The van der Waals surface area contributed by atoms with Crippen molar-refractivity contribution >= 4 is 34.2 Å². The van der Waals surface area contributed by atoms with Crippen LogP contribution in [-0.2, 0) is 16.5 Å². The van der Waals surface area contributed by atoms with Crippen molar-refractivity contribution < 1.29 is 16.5 Å². The van der Waals surface area contributed by atoms with Gasteiger partial charge in [-0.1, -0.05) is 13.8 Å². The molecule has 1 heterocycles. The molecule has 4 nitrogen and oxygen atoms in total. The Hall–Kier alpha value is 0.708. The summed E-state index contributed by atoms with van der Waals surface area (Å²) in [4.78, 5) is 0. The van der Waals surface area contributed by atoms with Crippen molar-refractivity contribution in [2.75, 3.05) is 0 Å². The summed E-state index contributed by atoms with van der Waals surface area (Å²) >= 11 is 0. The lowest BCUT2D eigenvalue weighted by Crippen LogP contribution is -2.65. The van der Waals surface area contributed by atoms with Crippen molar-refractivity contribution in [1.29, 1.82) is 0 Å². The quantitative estimate of drug-likeness (QED) is 0.690. The molecule has 0 aromatic heterocycles. The Morgan fingerprint density at radius 2 is 0.833 bits per heavy atom. The molecule has 1 fully saturated rings. The summed E-state index contributed by atoms with van der Waals surface area (Å²) < 4.78 is 25.4. The second-order valence-corrected chi connectivity index (χ2v) is 21.6. The second kappa shape index (κ2) is 4.92. The zero-order chi connectivity index (χ0) is 14.4. The van der Waals surface area contributed by atoms with Gasteiger partial charge in [0, 0.05) is 0 Å². The first-order valence-corrected chi connectivity index (χ1v) is 17.4. The lowest BCUT2D eigenvalue weighted by molar-refractivity contribution is 0.229. The average Bonchev–Trinajstić information content (AvgIpc) is 1.92. The third-order valence-electron chi connectivity index (χ3n) is 2.93. The summed E-state index contributed by atoms with van der Waals surface area (Å²) in [7, 11) is -8.73. The zero-order valence-electron chi connectivity index (χ0n) is 13.2. The summed E-state index contributed by atoms with van der Waals surface area (Å²) in [5.41, 5.74) is 0.395. The smallest absolute Gasteiger partial charge is 0.320 e. The highest BCUT2D eigenvalue weighted by Gasteiger charge is 2.53. The van der Waals surface area contributed by atoms with Crippen molar-refractivity contribution in [3.05, 3.63) is 0 Å². The molecule has 0 aromatic rings. The van der Waals surface area contributed by atoms with Gasteiger partial charge >= 0.3 is 34.2 Å². The van der Waals surface area contributed by atoms with Gasteiger partial charge in [0.1, 0.15) is 0 Å². The van der Waals surface area contributed by atoms with Gasteiger partial charge in [-0.2, -0.15) is 0 Å². The summed E-state index contributed by atoms with van der Waals surface area (Å²) in [6.07, 6.45) is 0. The molecule has 0 aromatic carbocycles. The summed E-state index contributed by atoms with van der Waals surface area (Å²) in [5, 5.41) is 0. The molecule has 1 aliphatic rings. The van der Waals surface area contributed by atoms with Crippen LogP contribution < -0.4 is 0 Å². The molecule has 1 rings (SSSR count). The number of rotatable bonds is 1. The molecule has 108 valence electrons. The molecule has 0 amide bonds. The van der Waals surface area contributed by atoms with Gasteiger partial charge in [-0.15, -0.1) is 0 Å². The fourth-order valence-electron chi connectivity index (χ4n) is 2.48. The van der Waals surface area contributed by atoms with Crippen LogP contribution in [0.1, 0.15) is 13.8 Å². The van der Waals surface area contributed by atoms with E-state index in [1.807, 2.05) is 0 Å². The third-order valence-corrected chi connectivity index (χ3v) is 20.1. The van der Waals surface area contributed by atoms with Crippen molar-refractivity contribution in [2.24, 2.45) is 0 Å². The Bertz CT molecular complexity index is 295. The number of hydrogen-bond acceptors (Lipinski definition) is 4. The van der Waals surface area contributed by atoms with Crippen LogP contribution in [0.15, 0.2) is 0 Å². The van der Waals surface area contributed by atoms with Crippen LogP contribution in [0.2, 0.25) is 51.4 Å². The largest absolute Gasteiger partial charge is 0.416 e. The molecular formula is C10H28O4Si4. The van der Waals surface area contributed by atoms with E-state index >= 15 is 0 Å². The van der Waals surface area contributed by atoms with Crippen LogP contribution >= 0.6 is 0 Å². The molecule has 0 saturated carbocycles. The minimum Gasteiger partial charge on any atom is -0.416 e. The summed E-state index contributed by atoms with van der Waals surface area (Å²) in [6.45, 7) is 19.1. The van der Waals surface area contributed by atoms with Crippen LogP contribution in [0, 0.1) is 0 Å². The number of hydrogen-bond donors (Lipinski definition) is 0. The van der Waals surface area contributed by atoms with Gasteiger partial charge in [-0.25, -0.2) is 0 Å². The van der Waals surface area contributed by atoms with E-state index in [4.69, 9.17) is 16.5 Å². The fraction of sp³-hybridized carbons (Fsp3) is 1.00. The molecular weight excluding hydrogens is 296 g/mol. The minimum atomic E-state index is -2.23. The second-order valence-electron chi connectivity index (χ2n) is 6.78. The Labute approximate surface area is 116 Å². The lowest BCUT2D eigenvalue weighted by Gasteiger charge is -2.48. The van der Waals surface area contributed by atoms with Crippen molar-refractivity contribution in [1.82, 2.24) is 0 Å². The molecule has 0 unspecified atom stereocenters. The van der Waals surface area contributed by atoms with Gasteiger partial charge in [0.15, 0.2) is 0 Å². The van der Waals surface area contributed by atoms with Crippen molar-refractivity contribution in [3.8, 4) is 0 Å². The Morgan fingerprint density at radius 3 is 1.11 bits per heavy atom. The topological polar surface area (TPSA) is 36.9 Å². The van der Waals surface area contributed by atoms with Crippen molar-refractivity contribution in [2.45, 2.75) is 65.2 Å². The van der Waals surface area contributed by atoms with Gasteiger partial charge in [0.25, 0.3) is 0 Å². The highest BCUT2D eigenvalue weighted by molar-refractivity contribution is 6.93. The van der Waals surface area contributed by atoms with Gasteiger partial charge in [0.2, 0.25) is 0 Å². The van der Waals surface area contributed by atoms with Crippen molar-refractivity contribution in [3.63, 3.8) is 0 Å². The van der Waals surface area contributed by atoms with Crippen LogP contribution in [0.4, 0.5) is 0 Å². The zero-order valence-corrected chi connectivity index (χ0v) is 17.2. The third kappa shape index (κ3) is 4.37. The van der Waals surface area contributed by atoms with E-state index < -0.39 is 34.2 Å². The maximum atomic E-state index is 6.42. The molecule has 0 bridgehead atoms. The molecule has 0 atom stereocenters. The van der Waals surface area contributed by atoms with E-state index in [9.17, 15) is 0 Å². The van der Waals surface area contributed by atoms with Crippen LogP contribution in [-0.4, -0.2) is 34.2 Å². The monoisotopic (exact) mass is 324 g/mol. The maximum Gasteiger partial charge on any atom is 0.320 e. The van der Waals surface area contributed by atoms with E-state index in [1.54, 1.807) is 0 Å². The molecule has 1 aliphatic heterocycles. The van der Waals surface area contributed by atoms with E-state index in [2.05, 4.69) is 59.7 Å². The van der Waals surface area contributed by atoms with E-state index in [0.29, 0.717) is 5.54 Å². The Balaban J connectivity index is 3.10. The highest BCUT2D eigenvalue weighted by Crippen LogP contribution is 2.35. The van der Waals surface area contributed by atoms with Crippen LogP contribution in [0.5, 0.6) is 0 Å². The Morgan fingerprint density at radius 1 is 0.556 bits per heavy atom. The predicted molar refractivity (Wildman–Crippen MR) is 83.5 cm³/mol. The van der Waals surface area contributed by atoms with Crippen LogP contribution in [0.3, 0.4) is 0 Å². The normalized spacial score (nSPS) is 29.7. The van der Waals surface area contributed by atoms with Gasteiger partial charge < -0.3 is 16.5 Å². The predicted octanol–water partition coefficient (Wildman–Crippen LogP) is 3.65. The first-order chi connectivity index (χ1) is 7.77. The SMILES string of the molecule is CC(C)[Si]1(C)O[Si](C)(C)O[Si](C)(C)O[Si](C)(C)O1. The fourth-order valence-corrected chi connectivity index (χ4v) is 23.8. The Kier molecular flexibility index (Phi) is 4.58. The summed E-state index contributed by atoms with van der Waals surface area (Å²) in [5.74, 6) is 0. The molecule has 18 heavy (non-hydrogen) atoms. The molecule has 0 radical (unpaired) electrons. The van der Waals surface area contributed by atoms with Gasteiger partial charge in [-0.05, 0) is 51.4 Å². The standard InChI is InChI=1S/C10H28O4Si4/c1-10(2)18(9)13-16(5,6)11-15(3,4)12-17(7,8)14-18/h10H,1-9H3. The van der Waals surface area contributed by atoms with Gasteiger partial charge in [0.05, 0.1) is 0 Å². The highest BCUT2D eigenvalue weighted by atomic mass is 28.5. The molecule has 0 spiro atoms. The summed E-state index contributed by atoms with van der Waals surface area (Å²) in [6, 6.07) is 0. The molecule has 1 saturated heterocycles. The molecule has 0 N–H and O–H groups in total. The molecule has 8 heteroatoms. The lowest BCUT2D eigenvalue weighted by atomic mass is 10.6. The first-order valence-electron chi connectivity index (χ1n) is 6.58. The first kappa shape index (κ1) is 16.8. The van der Waals surface area contributed by atoms with E-state index in [0.717, 1.165) is 0 Å². The van der Waals surface area contributed by atoms with E-state index in [1.165, 1.54) is 0 Å². The van der Waals surface area contributed by atoms with Gasteiger partial charge in [-0.3, -0.25) is 0 Å².